The second-order valence-corrected chi connectivity index (χ2v) is 7.65. The van der Waals surface area contributed by atoms with Crippen LogP contribution in [0.3, 0.4) is 0 Å². The molecular formula is C21H25N3O6. The molecule has 3 rings (SSSR count). The van der Waals surface area contributed by atoms with Gasteiger partial charge < -0.3 is 15.4 Å². The van der Waals surface area contributed by atoms with Crippen LogP contribution in [0.15, 0.2) is 24.3 Å². The molecule has 1 atom stereocenters. The zero-order valence-corrected chi connectivity index (χ0v) is 17.0. The minimum atomic E-state index is -1.11. The van der Waals surface area contributed by atoms with Crippen molar-refractivity contribution in [2.75, 3.05) is 11.9 Å². The standard InChI is InChI=1S/C21H25N3O6/c1-13(25)15-7-3-4-8-16(15)22-18(27)14(2)30-17(26)9-12-24-19(28)21(23-20(24)29)10-5-6-11-21/h3-4,7-8,14H,5-6,9-12H2,1-2H3,(H,22,27)(H,23,29)/t14-/m0/s1. The fourth-order valence-corrected chi connectivity index (χ4v) is 3.84. The van der Waals surface area contributed by atoms with Gasteiger partial charge in [-0.3, -0.25) is 24.1 Å². The van der Waals surface area contributed by atoms with E-state index in [9.17, 15) is 24.0 Å². The molecule has 1 aliphatic heterocycles. The molecule has 0 aromatic heterocycles. The molecule has 1 saturated heterocycles. The molecule has 1 aliphatic carbocycles. The molecule has 9 heteroatoms. The number of ketones is 1. The number of carbonyl (C=O) groups excluding carboxylic acids is 5. The Hall–Kier alpha value is -3.23. The van der Waals surface area contributed by atoms with Crippen LogP contribution >= 0.6 is 0 Å². The van der Waals surface area contributed by atoms with Crippen LogP contribution < -0.4 is 10.6 Å². The van der Waals surface area contributed by atoms with Gasteiger partial charge in [0.1, 0.15) is 5.54 Å². The zero-order chi connectivity index (χ0) is 21.9. The van der Waals surface area contributed by atoms with Gasteiger partial charge in [-0.1, -0.05) is 25.0 Å². The number of amides is 4. The Morgan fingerprint density at radius 3 is 2.53 bits per heavy atom. The predicted molar refractivity (Wildman–Crippen MR) is 107 cm³/mol. The van der Waals surface area contributed by atoms with Crippen molar-refractivity contribution in [1.29, 1.82) is 0 Å². The van der Waals surface area contributed by atoms with E-state index in [0.717, 1.165) is 17.7 Å². The molecule has 0 radical (unpaired) electrons. The molecule has 4 amide bonds. The van der Waals surface area contributed by atoms with E-state index < -0.39 is 29.6 Å². The number of para-hydroxylation sites is 1. The number of benzene rings is 1. The Kier molecular flexibility index (Phi) is 6.19. The van der Waals surface area contributed by atoms with Crippen LogP contribution in [0.4, 0.5) is 10.5 Å². The van der Waals surface area contributed by atoms with Crippen molar-refractivity contribution in [2.24, 2.45) is 0 Å². The van der Waals surface area contributed by atoms with E-state index in [0.29, 0.717) is 24.1 Å². The van der Waals surface area contributed by atoms with Crippen molar-refractivity contribution >= 4 is 35.3 Å². The number of carbonyl (C=O) groups is 5. The second kappa shape index (κ2) is 8.64. The molecule has 9 nitrogen and oxygen atoms in total. The van der Waals surface area contributed by atoms with E-state index in [-0.39, 0.29) is 24.7 Å². The van der Waals surface area contributed by atoms with Crippen LogP contribution in [-0.2, 0) is 19.1 Å². The summed E-state index contributed by atoms with van der Waals surface area (Å²) in [6, 6.07) is 6.03. The Morgan fingerprint density at radius 1 is 1.20 bits per heavy atom. The first-order chi connectivity index (χ1) is 14.2. The predicted octanol–water partition coefficient (Wildman–Crippen LogP) is 2.01. The van der Waals surface area contributed by atoms with Gasteiger partial charge >= 0.3 is 12.0 Å². The minimum absolute atomic E-state index is 0.104. The monoisotopic (exact) mass is 415 g/mol. The Balaban J connectivity index is 1.51. The van der Waals surface area contributed by atoms with Crippen LogP contribution in [0.5, 0.6) is 0 Å². The van der Waals surface area contributed by atoms with Gasteiger partial charge in [-0.2, -0.15) is 0 Å². The molecule has 2 N–H and O–H groups in total. The summed E-state index contributed by atoms with van der Waals surface area (Å²) in [5.74, 6) is -1.80. The maximum Gasteiger partial charge on any atom is 0.325 e. The zero-order valence-electron chi connectivity index (χ0n) is 17.0. The molecule has 0 bridgehead atoms. The number of urea groups is 1. The lowest BCUT2D eigenvalue weighted by Gasteiger charge is -2.20. The highest BCUT2D eigenvalue weighted by Crippen LogP contribution is 2.35. The largest absolute Gasteiger partial charge is 0.452 e. The molecule has 0 unspecified atom stereocenters. The summed E-state index contributed by atoms with van der Waals surface area (Å²) in [6.45, 7) is 2.69. The van der Waals surface area contributed by atoms with E-state index in [4.69, 9.17) is 4.74 Å². The number of rotatable bonds is 7. The van der Waals surface area contributed by atoms with Crippen molar-refractivity contribution in [3.05, 3.63) is 29.8 Å². The van der Waals surface area contributed by atoms with Crippen LogP contribution in [0.1, 0.15) is 56.3 Å². The smallest absolute Gasteiger partial charge is 0.325 e. The number of nitrogens with zero attached hydrogens (tertiary/aromatic N) is 1. The van der Waals surface area contributed by atoms with Crippen molar-refractivity contribution in [3.63, 3.8) is 0 Å². The number of nitrogens with one attached hydrogen (secondary N) is 2. The number of esters is 1. The molecule has 30 heavy (non-hydrogen) atoms. The average Bonchev–Trinajstić information content (AvgIpc) is 3.25. The quantitative estimate of drug-likeness (QED) is 0.399. The lowest BCUT2D eigenvalue weighted by molar-refractivity contribution is -0.153. The van der Waals surface area contributed by atoms with Gasteiger partial charge in [-0.15, -0.1) is 0 Å². The topological polar surface area (TPSA) is 122 Å². The average molecular weight is 415 g/mol. The SMILES string of the molecule is CC(=O)c1ccccc1NC(=O)[C@H](C)OC(=O)CCN1C(=O)NC2(CCCC2)C1=O. The summed E-state index contributed by atoms with van der Waals surface area (Å²) in [5, 5.41) is 5.32. The molecule has 1 spiro atoms. The van der Waals surface area contributed by atoms with Crippen molar-refractivity contribution < 1.29 is 28.7 Å². The molecule has 1 saturated carbocycles. The van der Waals surface area contributed by atoms with Gasteiger partial charge in [0.2, 0.25) is 0 Å². The minimum Gasteiger partial charge on any atom is -0.452 e. The Morgan fingerprint density at radius 2 is 1.87 bits per heavy atom. The maximum absolute atomic E-state index is 12.6. The highest BCUT2D eigenvalue weighted by atomic mass is 16.5. The number of hydrogen-bond acceptors (Lipinski definition) is 6. The van der Waals surface area contributed by atoms with E-state index in [1.165, 1.54) is 13.8 Å². The van der Waals surface area contributed by atoms with E-state index in [1.54, 1.807) is 24.3 Å². The fraction of sp³-hybridized carbons (Fsp3) is 0.476. The molecule has 2 aliphatic rings. The molecule has 2 fully saturated rings. The second-order valence-electron chi connectivity index (χ2n) is 7.65. The summed E-state index contributed by atoms with van der Waals surface area (Å²) in [6.07, 6.45) is 1.65. The van der Waals surface area contributed by atoms with Crippen LogP contribution in [0.25, 0.3) is 0 Å². The maximum atomic E-state index is 12.6. The van der Waals surface area contributed by atoms with E-state index in [2.05, 4.69) is 10.6 Å². The lowest BCUT2D eigenvalue weighted by Crippen LogP contribution is -2.44. The van der Waals surface area contributed by atoms with Gasteiger partial charge in [0, 0.05) is 12.1 Å². The highest BCUT2D eigenvalue weighted by Gasteiger charge is 2.52. The third-order valence-electron chi connectivity index (χ3n) is 5.48. The van der Waals surface area contributed by atoms with Gasteiger partial charge in [0.05, 0.1) is 12.1 Å². The summed E-state index contributed by atoms with van der Waals surface area (Å²) < 4.78 is 5.13. The number of anilines is 1. The van der Waals surface area contributed by atoms with Crippen LogP contribution in [0, 0.1) is 0 Å². The van der Waals surface area contributed by atoms with Crippen molar-refractivity contribution in [1.82, 2.24) is 10.2 Å². The Labute approximate surface area is 174 Å². The molecule has 1 aromatic rings. The third-order valence-corrected chi connectivity index (χ3v) is 5.48. The van der Waals surface area contributed by atoms with Crippen LogP contribution in [0.2, 0.25) is 0 Å². The van der Waals surface area contributed by atoms with Gasteiger partial charge in [0.15, 0.2) is 11.9 Å². The first kappa shape index (κ1) is 21.5. The fourth-order valence-electron chi connectivity index (χ4n) is 3.84. The number of Topliss-reactive ketones (excluding diaryl/α,β-unsaturated/α-hetero) is 1. The molecular weight excluding hydrogens is 390 g/mol. The van der Waals surface area contributed by atoms with Crippen molar-refractivity contribution in [3.8, 4) is 0 Å². The first-order valence-corrected chi connectivity index (χ1v) is 9.98. The summed E-state index contributed by atoms with van der Waals surface area (Å²) in [4.78, 5) is 61.9. The summed E-state index contributed by atoms with van der Waals surface area (Å²) in [7, 11) is 0. The number of imide groups is 1. The lowest BCUT2D eigenvalue weighted by atomic mass is 9.98. The normalized spacial score (nSPS) is 18.3. The molecule has 160 valence electrons. The summed E-state index contributed by atoms with van der Waals surface area (Å²) >= 11 is 0. The highest BCUT2D eigenvalue weighted by molar-refractivity contribution is 6.07. The third kappa shape index (κ3) is 4.34. The van der Waals surface area contributed by atoms with Crippen LogP contribution in [-0.4, -0.2) is 52.7 Å². The number of hydrogen-bond donors (Lipinski definition) is 2. The van der Waals surface area contributed by atoms with E-state index in [1.807, 2.05) is 0 Å². The summed E-state index contributed by atoms with van der Waals surface area (Å²) in [5.41, 5.74) is -0.138. The van der Waals surface area contributed by atoms with Gasteiger partial charge in [-0.05, 0) is 38.8 Å². The molecule has 1 aromatic carbocycles. The van der Waals surface area contributed by atoms with Gasteiger partial charge in [0.25, 0.3) is 11.8 Å². The van der Waals surface area contributed by atoms with E-state index >= 15 is 0 Å². The number of ether oxygens (including phenoxy) is 1. The molecule has 1 heterocycles. The van der Waals surface area contributed by atoms with Gasteiger partial charge in [-0.25, -0.2) is 4.79 Å². The Bertz CT molecular complexity index is 890. The van der Waals surface area contributed by atoms with Crippen molar-refractivity contribution in [2.45, 2.75) is 57.6 Å². The first-order valence-electron chi connectivity index (χ1n) is 9.98.